The van der Waals surface area contributed by atoms with Crippen LogP contribution in [-0.4, -0.2) is 33.3 Å². The van der Waals surface area contributed by atoms with Gasteiger partial charge in [-0.25, -0.2) is 4.39 Å². The molecule has 1 amide bonds. The summed E-state index contributed by atoms with van der Waals surface area (Å²) in [6, 6.07) is 5.84. The van der Waals surface area contributed by atoms with Crippen LogP contribution in [0.4, 0.5) is 4.39 Å². The van der Waals surface area contributed by atoms with Crippen LogP contribution in [0.5, 0.6) is 0 Å². The van der Waals surface area contributed by atoms with Gasteiger partial charge in [-0.05, 0) is 38.1 Å². The van der Waals surface area contributed by atoms with Crippen molar-refractivity contribution in [3.63, 3.8) is 0 Å². The quantitative estimate of drug-likeness (QED) is 0.655. The van der Waals surface area contributed by atoms with Crippen molar-refractivity contribution < 1.29 is 18.7 Å². The minimum absolute atomic E-state index is 0.128. The number of methoxy groups -OCH3 is 1. The highest BCUT2D eigenvalue weighted by atomic mass is 32.1. The summed E-state index contributed by atoms with van der Waals surface area (Å²) in [4.78, 5) is 28.6. The van der Waals surface area contributed by atoms with Gasteiger partial charge in [0.1, 0.15) is 12.4 Å². The summed E-state index contributed by atoms with van der Waals surface area (Å²) in [5.74, 6) is -1.42. The van der Waals surface area contributed by atoms with Crippen molar-refractivity contribution in [2.45, 2.75) is 26.9 Å². The number of ether oxygens (including phenoxy) is 1. The van der Waals surface area contributed by atoms with Crippen LogP contribution in [0.15, 0.2) is 29.3 Å². The van der Waals surface area contributed by atoms with Gasteiger partial charge in [0, 0.05) is 12.2 Å². The first-order valence-electron chi connectivity index (χ1n) is 7.92. The molecule has 0 N–H and O–H groups in total. The van der Waals surface area contributed by atoms with Gasteiger partial charge in [0.15, 0.2) is 10.5 Å². The maximum absolute atomic E-state index is 13.5. The van der Waals surface area contributed by atoms with Crippen LogP contribution in [0.3, 0.4) is 0 Å². The van der Waals surface area contributed by atoms with E-state index in [4.69, 9.17) is 4.74 Å². The monoisotopic (exact) mass is 376 g/mol. The number of hydrogen-bond donors (Lipinski definition) is 0. The highest BCUT2D eigenvalue weighted by molar-refractivity contribution is 7.16. The van der Waals surface area contributed by atoms with Crippen LogP contribution in [0.1, 0.15) is 23.1 Å². The molecule has 26 heavy (non-hydrogen) atoms. The third-order valence-electron chi connectivity index (χ3n) is 3.86. The van der Waals surface area contributed by atoms with Crippen LogP contribution >= 0.6 is 11.3 Å². The number of carbonyl (C=O) groups excluding carboxylic acids is 2. The first-order valence-corrected chi connectivity index (χ1v) is 8.73. The Hall–Kier alpha value is -2.81. The molecule has 2 heterocycles. The standard InChI is InChI=1S/C17H17FN4O3S/c1-4-22-10(2)7-12(20-22)16(24)19-17-21(9-15(23)25-3)13-6-5-11(18)8-14(13)26-17/h5-8H,4,9H2,1-3H3. The Bertz CT molecular complexity index is 1060. The molecule has 3 rings (SSSR count). The molecule has 9 heteroatoms. The number of carbonyl (C=O) groups is 2. The molecule has 0 aliphatic rings. The minimum Gasteiger partial charge on any atom is -0.468 e. The van der Waals surface area contributed by atoms with E-state index in [0.717, 1.165) is 17.0 Å². The Morgan fingerprint density at radius 3 is 2.77 bits per heavy atom. The predicted octanol–water partition coefficient (Wildman–Crippen LogP) is 2.28. The first kappa shape index (κ1) is 18.0. The van der Waals surface area contributed by atoms with E-state index < -0.39 is 17.7 Å². The Balaban J connectivity index is 2.12. The van der Waals surface area contributed by atoms with E-state index in [1.54, 1.807) is 16.8 Å². The minimum atomic E-state index is -0.522. The van der Waals surface area contributed by atoms with E-state index in [1.165, 1.54) is 23.8 Å². The number of nitrogens with zero attached hydrogens (tertiary/aromatic N) is 4. The number of halogens is 1. The summed E-state index contributed by atoms with van der Waals surface area (Å²) in [5.41, 5.74) is 1.67. The molecule has 3 aromatic rings. The van der Waals surface area contributed by atoms with Crippen LogP contribution < -0.4 is 4.80 Å². The molecule has 0 spiro atoms. The van der Waals surface area contributed by atoms with Gasteiger partial charge in [-0.15, -0.1) is 0 Å². The van der Waals surface area contributed by atoms with Crippen LogP contribution in [0.25, 0.3) is 10.2 Å². The lowest BCUT2D eigenvalue weighted by Gasteiger charge is -2.03. The van der Waals surface area contributed by atoms with Crippen molar-refractivity contribution in [1.82, 2.24) is 14.3 Å². The average molecular weight is 376 g/mol. The smallest absolute Gasteiger partial charge is 0.325 e. The second-order valence-electron chi connectivity index (χ2n) is 5.56. The lowest BCUT2D eigenvalue weighted by molar-refractivity contribution is -0.141. The van der Waals surface area contributed by atoms with Gasteiger partial charge in [-0.2, -0.15) is 10.1 Å². The number of rotatable bonds is 4. The van der Waals surface area contributed by atoms with Gasteiger partial charge in [0.2, 0.25) is 0 Å². The molecular formula is C17H17FN4O3S. The van der Waals surface area contributed by atoms with Crippen molar-refractivity contribution in [3.05, 3.63) is 46.3 Å². The first-order chi connectivity index (χ1) is 12.4. The number of hydrogen-bond acceptors (Lipinski definition) is 5. The van der Waals surface area contributed by atoms with Crippen LogP contribution in [0.2, 0.25) is 0 Å². The van der Waals surface area contributed by atoms with Crippen molar-refractivity contribution >= 4 is 33.4 Å². The number of thiazole rings is 1. The summed E-state index contributed by atoms with van der Waals surface area (Å²) >= 11 is 1.12. The van der Waals surface area contributed by atoms with Crippen molar-refractivity contribution in [1.29, 1.82) is 0 Å². The molecule has 0 fully saturated rings. The Labute approximate surface area is 152 Å². The Morgan fingerprint density at radius 1 is 1.35 bits per heavy atom. The fourth-order valence-electron chi connectivity index (χ4n) is 2.56. The molecule has 0 aliphatic carbocycles. The van der Waals surface area contributed by atoms with Gasteiger partial charge in [0.25, 0.3) is 5.91 Å². The predicted molar refractivity (Wildman–Crippen MR) is 94.3 cm³/mol. The van der Waals surface area contributed by atoms with Crippen molar-refractivity contribution in [2.75, 3.05) is 7.11 Å². The molecular weight excluding hydrogens is 359 g/mol. The number of amides is 1. The van der Waals surface area contributed by atoms with E-state index in [9.17, 15) is 14.0 Å². The second-order valence-corrected chi connectivity index (χ2v) is 6.57. The lowest BCUT2D eigenvalue weighted by Crippen LogP contribution is -2.22. The van der Waals surface area contributed by atoms with Gasteiger partial charge in [0.05, 0.1) is 17.3 Å². The van der Waals surface area contributed by atoms with E-state index in [1.807, 2.05) is 13.8 Å². The molecule has 0 aliphatic heterocycles. The zero-order chi connectivity index (χ0) is 18.8. The summed E-state index contributed by atoms with van der Waals surface area (Å²) in [7, 11) is 1.28. The van der Waals surface area contributed by atoms with E-state index >= 15 is 0 Å². The summed E-state index contributed by atoms with van der Waals surface area (Å²) in [6.45, 7) is 4.30. The molecule has 0 unspecified atom stereocenters. The molecule has 136 valence electrons. The number of fused-ring (bicyclic) bond motifs is 1. The van der Waals surface area contributed by atoms with E-state index in [2.05, 4.69) is 10.1 Å². The lowest BCUT2D eigenvalue weighted by atomic mass is 10.3. The fraction of sp³-hybridized carbons (Fsp3) is 0.294. The second kappa shape index (κ2) is 7.20. The topological polar surface area (TPSA) is 78.5 Å². The maximum atomic E-state index is 13.5. The fourth-order valence-corrected chi connectivity index (χ4v) is 3.61. The SMILES string of the molecule is CCn1nc(C(=O)N=c2sc3cc(F)ccc3n2CC(=O)OC)cc1C. The molecule has 7 nitrogen and oxygen atoms in total. The largest absolute Gasteiger partial charge is 0.468 e. The maximum Gasteiger partial charge on any atom is 0.325 e. The molecule has 0 saturated heterocycles. The Kier molecular flexibility index (Phi) is 4.99. The molecule has 0 saturated carbocycles. The molecule has 0 atom stereocenters. The number of benzene rings is 1. The summed E-state index contributed by atoms with van der Waals surface area (Å²) in [5, 5.41) is 4.22. The van der Waals surface area contributed by atoms with Crippen LogP contribution in [-0.2, 0) is 22.6 Å². The highest BCUT2D eigenvalue weighted by Crippen LogP contribution is 2.19. The molecule has 0 radical (unpaired) electrons. The third kappa shape index (κ3) is 3.43. The van der Waals surface area contributed by atoms with Crippen molar-refractivity contribution in [2.24, 2.45) is 4.99 Å². The van der Waals surface area contributed by atoms with E-state index in [0.29, 0.717) is 16.8 Å². The number of aryl methyl sites for hydroxylation is 2. The van der Waals surface area contributed by atoms with Crippen LogP contribution in [0, 0.1) is 12.7 Å². The molecule has 2 aromatic heterocycles. The van der Waals surface area contributed by atoms with E-state index in [-0.39, 0.29) is 17.0 Å². The zero-order valence-electron chi connectivity index (χ0n) is 14.5. The number of esters is 1. The summed E-state index contributed by atoms with van der Waals surface area (Å²) < 4.78 is 22.0. The zero-order valence-corrected chi connectivity index (χ0v) is 15.3. The highest BCUT2D eigenvalue weighted by Gasteiger charge is 2.15. The summed E-state index contributed by atoms with van der Waals surface area (Å²) in [6.07, 6.45) is 0. The Morgan fingerprint density at radius 2 is 2.12 bits per heavy atom. The van der Waals surface area contributed by atoms with Gasteiger partial charge in [-0.3, -0.25) is 14.3 Å². The average Bonchev–Trinajstić information content (AvgIpc) is 3.15. The molecule has 0 bridgehead atoms. The van der Waals surface area contributed by atoms with Gasteiger partial charge >= 0.3 is 5.97 Å². The normalized spacial score (nSPS) is 11.9. The number of aromatic nitrogens is 3. The van der Waals surface area contributed by atoms with Gasteiger partial charge in [-0.1, -0.05) is 11.3 Å². The van der Waals surface area contributed by atoms with Crippen molar-refractivity contribution in [3.8, 4) is 0 Å². The molecule has 1 aromatic carbocycles. The third-order valence-corrected chi connectivity index (χ3v) is 4.90. The van der Waals surface area contributed by atoms with Gasteiger partial charge < -0.3 is 9.30 Å².